The highest BCUT2D eigenvalue weighted by atomic mass is 32.1. The first-order chi connectivity index (χ1) is 6.59. The minimum atomic E-state index is 0.213. The second-order valence-electron chi connectivity index (χ2n) is 3.76. The molecule has 1 rings (SSSR count). The van der Waals surface area contributed by atoms with Gasteiger partial charge in [-0.25, -0.2) is 0 Å². The SMILES string of the molecule is CC(C)C1CC(=NNC(N)=S)CCO1. The summed E-state index contributed by atoms with van der Waals surface area (Å²) in [6.45, 7) is 5.03. The van der Waals surface area contributed by atoms with Gasteiger partial charge in [-0.2, -0.15) is 5.10 Å². The Morgan fingerprint density at radius 1 is 1.71 bits per heavy atom. The van der Waals surface area contributed by atoms with E-state index in [1.807, 2.05) is 0 Å². The summed E-state index contributed by atoms with van der Waals surface area (Å²) in [4.78, 5) is 0. The van der Waals surface area contributed by atoms with Crippen molar-refractivity contribution in [3.63, 3.8) is 0 Å². The summed E-state index contributed by atoms with van der Waals surface area (Å²) >= 11 is 4.67. The van der Waals surface area contributed by atoms with E-state index in [0.29, 0.717) is 5.92 Å². The fourth-order valence-electron chi connectivity index (χ4n) is 1.39. The molecule has 80 valence electrons. The number of hydrogen-bond acceptors (Lipinski definition) is 3. The van der Waals surface area contributed by atoms with Gasteiger partial charge in [-0.15, -0.1) is 0 Å². The molecule has 0 aromatic heterocycles. The number of hydrogen-bond donors (Lipinski definition) is 2. The summed E-state index contributed by atoms with van der Waals surface area (Å²) in [6.07, 6.45) is 2.00. The largest absolute Gasteiger partial charge is 0.377 e. The van der Waals surface area contributed by atoms with Crippen LogP contribution in [0.2, 0.25) is 0 Å². The van der Waals surface area contributed by atoms with Crippen molar-refractivity contribution in [3.8, 4) is 0 Å². The molecular weight excluding hydrogens is 198 g/mol. The third kappa shape index (κ3) is 3.59. The van der Waals surface area contributed by atoms with Gasteiger partial charge >= 0.3 is 0 Å². The Kier molecular flexibility index (Phi) is 4.28. The molecule has 0 saturated carbocycles. The van der Waals surface area contributed by atoms with E-state index in [9.17, 15) is 0 Å². The number of rotatable bonds is 2. The highest BCUT2D eigenvalue weighted by Crippen LogP contribution is 2.17. The standard InChI is InChI=1S/C9H17N3OS/c1-6(2)8-5-7(3-4-13-8)11-12-9(10)14/h6,8H,3-5H2,1-2H3,(H3,10,12,14). The molecule has 5 heteroatoms. The van der Waals surface area contributed by atoms with Crippen molar-refractivity contribution in [2.45, 2.75) is 32.8 Å². The summed E-state index contributed by atoms with van der Waals surface area (Å²) < 4.78 is 5.60. The fourth-order valence-corrected chi connectivity index (χ4v) is 1.43. The number of nitrogens with zero attached hydrogens (tertiary/aromatic N) is 1. The average molecular weight is 215 g/mol. The van der Waals surface area contributed by atoms with Crippen molar-refractivity contribution in [1.82, 2.24) is 5.43 Å². The van der Waals surface area contributed by atoms with Crippen molar-refractivity contribution in [2.24, 2.45) is 16.8 Å². The molecule has 0 bridgehead atoms. The summed E-state index contributed by atoms with van der Waals surface area (Å²) in [7, 11) is 0. The molecule has 1 heterocycles. The van der Waals surface area contributed by atoms with E-state index in [-0.39, 0.29) is 11.2 Å². The van der Waals surface area contributed by atoms with Crippen LogP contribution in [0.5, 0.6) is 0 Å². The van der Waals surface area contributed by atoms with Crippen LogP contribution in [0.4, 0.5) is 0 Å². The van der Waals surface area contributed by atoms with Crippen LogP contribution in [0.3, 0.4) is 0 Å². The van der Waals surface area contributed by atoms with Crippen molar-refractivity contribution >= 4 is 23.0 Å². The number of ether oxygens (including phenoxy) is 1. The van der Waals surface area contributed by atoms with Gasteiger partial charge in [0.05, 0.1) is 12.7 Å². The number of thiocarbonyl (C=S) groups is 1. The number of nitrogens with one attached hydrogen (secondary N) is 1. The van der Waals surface area contributed by atoms with E-state index in [4.69, 9.17) is 10.5 Å². The van der Waals surface area contributed by atoms with E-state index < -0.39 is 0 Å². The molecule has 3 N–H and O–H groups in total. The molecule has 0 aliphatic carbocycles. The third-order valence-electron chi connectivity index (χ3n) is 2.23. The molecule has 1 atom stereocenters. The molecule has 0 amide bonds. The Balaban J connectivity index is 2.47. The zero-order valence-electron chi connectivity index (χ0n) is 8.62. The van der Waals surface area contributed by atoms with Crippen LogP contribution in [-0.2, 0) is 4.74 Å². The molecule has 14 heavy (non-hydrogen) atoms. The first kappa shape index (κ1) is 11.4. The third-order valence-corrected chi connectivity index (χ3v) is 2.32. The monoisotopic (exact) mass is 215 g/mol. The lowest BCUT2D eigenvalue weighted by Crippen LogP contribution is -2.32. The van der Waals surface area contributed by atoms with E-state index in [1.165, 1.54) is 0 Å². The maximum Gasteiger partial charge on any atom is 0.184 e. The first-order valence-corrected chi connectivity index (χ1v) is 5.23. The van der Waals surface area contributed by atoms with Crippen molar-refractivity contribution in [1.29, 1.82) is 0 Å². The summed E-state index contributed by atoms with van der Waals surface area (Å²) in [5.74, 6) is 0.519. The predicted molar refractivity (Wildman–Crippen MR) is 61.2 cm³/mol. The lowest BCUT2D eigenvalue weighted by molar-refractivity contribution is 0.0197. The average Bonchev–Trinajstić information content (AvgIpc) is 2.15. The number of hydrazone groups is 1. The second-order valence-corrected chi connectivity index (χ2v) is 4.20. The zero-order chi connectivity index (χ0) is 10.6. The van der Waals surface area contributed by atoms with E-state index in [2.05, 4.69) is 36.6 Å². The van der Waals surface area contributed by atoms with Gasteiger partial charge in [0.2, 0.25) is 0 Å². The van der Waals surface area contributed by atoms with Crippen molar-refractivity contribution in [3.05, 3.63) is 0 Å². The Hall–Kier alpha value is -0.680. The predicted octanol–water partition coefficient (Wildman–Crippen LogP) is 1.01. The fraction of sp³-hybridized carbons (Fsp3) is 0.778. The number of nitrogens with two attached hydrogens (primary N) is 1. The topological polar surface area (TPSA) is 59.6 Å². The van der Waals surface area contributed by atoms with Gasteiger partial charge in [0, 0.05) is 18.6 Å². The van der Waals surface area contributed by atoms with Gasteiger partial charge in [-0.05, 0) is 18.1 Å². The normalized spacial score (nSPS) is 25.4. The Morgan fingerprint density at radius 3 is 3.00 bits per heavy atom. The van der Waals surface area contributed by atoms with Crippen molar-refractivity contribution in [2.75, 3.05) is 6.61 Å². The van der Waals surface area contributed by atoms with Gasteiger partial charge < -0.3 is 10.5 Å². The van der Waals surface area contributed by atoms with Gasteiger partial charge in [0.1, 0.15) is 0 Å². The Morgan fingerprint density at radius 2 is 2.43 bits per heavy atom. The zero-order valence-corrected chi connectivity index (χ0v) is 9.43. The maximum absolute atomic E-state index is 5.60. The highest BCUT2D eigenvalue weighted by molar-refractivity contribution is 7.80. The van der Waals surface area contributed by atoms with Gasteiger partial charge in [0.25, 0.3) is 0 Å². The molecule has 1 unspecified atom stereocenters. The first-order valence-electron chi connectivity index (χ1n) is 4.82. The van der Waals surface area contributed by atoms with Crippen LogP contribution < -0.4 is 11.2 Å². The molecule has 0 spiro atoms. The van der Waals surface area contributed by atoms with Crippen LogP contribution >= 0.6 is 12.2 Å². The van der Waals surface area contributed by atoms with Gasteiger partial charge in [-0.1, -0.05) is 13.8 Å². The molecule has 0 aromatic rings. The summed E-state index contributed by atoms with van der Waals surface area (Å²) in [5, 5.41) is 4.35. The van der Waals surface area contributed by atoms with Gasteiger partial charge in [-0.3, -0.25) is 5.43 Å². The summed E-state index contributed by atoms with van der Waals surface area (Å²) in [6, 6.07) is 0. The van der Waals surface area contributed by atoms with Gasteiger partial charge in [0.15, 0.2) is 5.11 Å². The van der Waals surface area contributed by atoms with Crippen LogP contribution in [0, 0.1) is 5.92 Å². The van der Waals surface area contributed by atoms with Crippen LogP contribution in [0.1, 0.15) is 26.7 Å². The molecular formula is C9H17N3OS. The Labute approximate surface area is 89.9 Å². The lowest BCUT2D eigenvalue weighted by Gasteiger charge is -2.26. The van der Waals surface area contributed by atoms with Crippen molar-refractivity contribution < 1.29 is 4.74 Å². The van der Waals surface area contributed by atoms with E-state index in [0.717, 1.165) is 25.2 Å². The molecule has 1 aliphatic heterocycles. The minimum Gasteiger partial charge on any atom is -0.377 e. The summed E-state index contributed by atoms with van der Waals surface area (Å²) in [5.41, 5.74) is 8.99. The smallest absolute Gasteiger partial charge is 0.184 e. The lowest BCUT2D eigenvalue weighted by atomic mass is 9.98. The van der Waals surface area contributed by atoms with Crippen LogP contribution in [0.15, 0.2) is 5.10 Å². The van der Waals surface area contributed by atoms with Crippen LogP contribution in [-0.4, -0.2) is 23.5 Å². The van der Waals surface area contributed by atoms with Crippen LogP contribution in [0.25, 0.3) is 0 Å². The highest BCUT2D eigenvalue weighted by Gasteiger charge is 2.21. The Bertz CT molecular complexity index is 240. The molecule has 1 saturated heterocycles. The second kappa shape index (κ2) is 5.26. The maximum atomic E-state index is 5.60. The molecule has 0 radical (unpaired) electrons. The minimum absolute atomic E-state index is 0.213. The van der Waals surface area contributed by atoms with E-state index in [1.54, 1.807) is 0 Å². The molecule has 1 aliphatic rings. The quantitative estimate of drug-likeness (QED) is 0.533. The molecule has 4 nitrogen and oxygen atoms in total. The molecule has 1 fully saturated rings. The van der Waals surface area contributed by atoms with E-state index >= 15 is 0 Å². The molecule has 0 aromatic carbocycles.